The third kappa shape index (κ3) is 4.80. The first-order valence-electron chi connectivity index (χ1n) is 6.70. The van der Waals surface area contributed by atoms with Crippen molar-refractivity contribution < 1.29 is 9.47 Å². The molecule has 0 unspecified atom stereocenters. The molecule has 0 saturated carbocycles. The monoisotopic (exact) mass is 274 g/mol. The number of aryl methyl sites for hydroxylation is 1. The van der Waals surface area contributed by atoms with E-state index in [1.807, 2.05) is 51.1 Å². The van der Waals surface area contributed by atoms with Crippen molar-refractivity contribution in [2.24, 2.45) is 0 Å². The normalized spacial score (nSPS) is 9.35. The lowest BCUT2D eigenvalue weighted by Crippen LogP contribution is -2.03. The van der Waals surface area contributed by atoms with E-state index in [0.29, 0.717) is 24.7 Å². The van der Waals surface area contributed by atoms with E-state index < -0.39 is 0 Å². The predicted molar refractivity (Wildman–Crippen MR) is 82.2 cm³/mol. The molecule has 0 spiro atoms. The van der Waals surface area contributed by atoms with Crippen LogP contribution in [0.3, 0.4) is 0 Å². The molecule has 0 aliphatic carbocycles. The van der Waals surface area contributed by atoms with Gasteiger partial charge in [0.15, 0.2) is 11.5 Å². The van der Waals surface area contributed by atoms with Crippen LogP contribution in [0.15, 0.2) is 42.7 Å². The average Bonchev–Trinajstić information content (AvgIpc) is 2.49. The fourth-order valence-corrected chi connectivity index (χ4v) is 1.61. The molecule has 0 radical (unpaired) electrons. The molecule has 0 saturated heterocycles. The standard InChI is InChI=1S/C11H17NO2.C5H5N/c1-4-13-10-8(3)6-7-9(12)11(10)14-5-2;1-2-4-6-5-3-1/h6-7H,4-5,12H2,1-3H3;1-5H. The molecule has 2 aromatic rings. The summed E-state index contributed by atoms with van der Waals surface area (Å²) in [4.78, 5) is 3.78. The summed E-state index contributed by atoms with van der Waals surface area (Å²) in [5, 5.41) is 0. The molecule has 108 valence electrons. The molecule has 4 nitrogen and oxygen atoms in total. The highest BCUT2D eigenvalue weighted by Gasteiger charge is 2.11. The number of nitrogens with two attached hydrogens (primary N) is 1. The molecule has 0 aliphatic rings. The highest BCUT2D eigenvalue weighted by Crippen LogP contribution is 2.36. The van der Waals surface area contributed by atoms with Crippen LogP contribution < -0.4 is 15.2 Å². The van der Waals surface area contributed by atoms with Crippen molar-refractivity contribution in [1.29, 1.82) is 0 Å². The number of benzene rings is 1. The van der Waals surface area contributed by atoms with E-state index in [-0.39, 0.29) is 0 Å². The van der Waals surface area contributed by atoms with Gasteiger partial charge in [-0.15, -0.1) is 0 Å². The molecule has 0 amide bonds. The van der Waals surface area contributed by atoms with Gasteiger partial charge in [-0.25, -0.2) is 0 Å². The lowest BCUT2D eigenvalue weighted by molar-refractivity contribution is 0.287. The molecule has 1 aromatic heterocycles. The summed E-state index contributed by atoms with van der Waals surface area (Å²) in [5.74, 6) is 1.42. The smallest absolute Gasteiger partial charge is 0.184 e. The van der Waals surface area contributed by atoms with Crippen molar-refractivity contribution in [3.63, 3.8) is 0 Å². The van der Waals surface area contributed by atoms with Gasteiger partial charge in [-0.3, -0.25) is 4.98 Å². The summed E-state index contributed by atoms with van der Waals surface area (Å²) in [6.07, 6.45) is 3.50. The molecular weight excluding hydrogens is 252 g/mol. The van der Waals surface area contributed by atoms with Gasteiger partial charge in [0.1, 0.15) is 0 Å². The van der Waals surface area contributed by atoms with Crippen LogP contribution in [0.1, 0.15) is 19.4 Å². The second-order valence-electron chi connectivity index (χ2n) is 4.02. The molecule has 20 heavy (non-hydrogen) atoms. The van der Waals surface area contributed by atoms with Gasteiger partial charge in [-0.1, -0.05) is 12.1 Å². The Morgan fingerprint density at radius 1 is 0.950 bits per heavy atom. The molecule has 2 rings (SSSR count). The van der Waals surface area contributed by atoms with Gasteiger partial charge in [0, 0.05) is 12.4 Å². The van der Waals surface area contributed by atoms with Gasteiger partial charge in [0.25, 0.3) is 0 Å². The number of hydrogen-bond donors (Lipinski definition) is 1. The Morgan fingerprint density at radius 3 is 2.00 bits per heavy atom. The molecule has 0 atom stereocenters. The Bertz CT molecular complexity index is 444. The van der Waals surface area contributed by atoms with E-state index in [4.69, 9.17) is 15.2 Å². The van der Waals surface area contributed by atoms with Crippen LogP contribution in [0.25, 0.3) is 0 Å². The molecular formula is C16H22N2O2. The van der Waals surface area contributed by atoms with E-state index in [2.05, 4.69) is 4.98 Å². The predicted octanol–water partition coefficient (Wildman–Crippen LogP) is 3.46. The summed E-state index contributed by atoms with van der Waals surface area (Å²) in [6.45, 7) is 7.06. The zero-order chi connectivity index (χ0) is 14.8. The fourth-order valence-electron chi connectivity index (χ4n) is 1.61. The number of nitrogens with zero attached hydrogens (tertiary/aromatic N) is 1. The molecule has 4 heteroatoms. The van der Waals surface area contributed by atoms with Crippen LogP contribution in [-0.4, -0.2) is 18.2 Å². The Hall–Kier alpha value is -2.23. The van der Waals surface area contributed by atoms with Crippen LogP contribution in [0, 0.1) is 6.92 Å². The van der Waals surface area contributed by atoms with Crippen LogP contribution in [0.4, 0.5) is 5.69 Å². The number of aromatic nitrogens is 1. The van der Waals surface area contributed by atoms with Crippen LogP contribution in [0.5, 0.6) is 11.5 Å². The highest BCUT2D eigenvalue weighted by atomic mass is 16.5. The maximum Gasteiger partial charge on any atom is 0.184 e. The van der Waals surface area contributed by atoms with Crippen LogP contribution in [0.2, 0.25) is 0 Å². The topological polar surface area (TPSA) is 57.4 Å². The number of ether oxygens (including phenoxy) is 2. The minimum absolute atomic E-state index is 0.591. The zero-order valence-corrected chi connectivity index (χ0v) is 12.3. The third-order valence-electron chi connectivity index (χ3n) is 2.48. The quantitative estimate of drug-likeness (QED) is 0.867. The lowest BCUT2D eigenvalue weighted by atomic mass is 10.2. The van der Waals surface area contributed by atoms with E-state index >= 15 is 0 Å². The molecule has 1 heterocycles. The van der Waals surface area contributed by atoms with E-state index in [1.54, 1.807) is 12.4 Å². The maximum absolute atomic E-state index is 5.80. The van der Waals surface area contributed by atoms with Crippen molar-refractivity contribution in [2.45, 2.75) is 20.8 Å². The summed E-state index contributed by atoms with van der Waals surface area (Å²) < 4.78 is 10.9. The Labute approximate surface area is 120 Å². The van der Waals surface area contributed by atoms with Crippen molar-refractivity contribution in [3.8, 4) is 11.5 Å². The Kier molecular flexibility index (Phi) is 6.96. The van der Waals surface area contributed by atoms with Gasteiger partial charge >= 0.3 is 0 Å². The van der Waals surface area contributed by atoms with Gasteiger partial charge < -0.3 is 15.2 Å². The Balaban J connectivity index is 0.000000276. The highest BCUT2D eigenvalue weighted by molar-refractivity contribution is 5.63. The summed E-state index contributed by atoms with van der Waals surface area (Å²) in [7, 11) is 0. The van der Waals surface area contributed by atoms with E-state index in [1.165, 1.54) is 0 Å². The number of nitrogen functional groups attached to an aromatic ring is 1. The SMILES string of the molecule is CCOc1c(C)ccc(N)c1OCC.c1ccncc1. The van der Waals surface area contributed by atoms with Gasteiger partial charge in [-0.05, 0) is 44.5 Å². The van der Waals surface area contributed by atoms with Crippen LogP contribution >= 0.6 is 0 Å². The van der Waals surface area contributed by atoms with E-state index in [0.717, 1.165) is 11.3 Å². The molecule has 2 N–H and O–H groups in total. The number of anilines is 1. The van der Waals surface area contributed by atoms with Crippen molar-refractivity contribution in [1.82, 2.24) is 4.98 Å². The van der Waals surface area contributed by atoms with Crippen molar-refractivity contribution >= 4 is 5.69 Å². The van der Waals surface area contributed by atoms with Crippen molar-refractivity contribution in [2.75, 3.05) is 18.9 Å². The minimum Gasteiger partial charge on any atom is -0.490 e. The first-order valence-corrected chi connectivity index (χ1v) is 6.70. The third-order valence-corrected chi connectivity index (χ3v) is 2.48. The number of hydrogen-bond acceptors (Lipinski definition) is 4. The minimum atomic E-state index is 0.591. The number of rotatable bonds is 4. The summed E-state index contributed by atoms with van der Waals surface area (Å²) >= 11 is 0. The fraction of sp³-hybridized carbons (Fsp3) is 0.312. The first kappa shape index (κ1) is 15.8. The number of pyridine rings is 1. The average molecular weight is 274 g/mol. The first-order chi connectivity index (χ1) is 9.70. The molecule has 0 fully saturated rings. The summed E-state index contributed by atoms with van der Waals surface area (Å²) in [5.41, 5.74) is 7.47. The van der Waals surface area contributed by atoms with Crippen molar-refractivity contribution in [3.05, 3.63) is 48.3 Å². The molecule has 1 aromatic carbocycles. The lowest BCUT2D eigenvalue weighted by Gasteiger charge is -2.14. The van der Waals surface area contributed by atoms with Crippen LogP contribution in [-0.2, 0) is 0 Å². The maximum atomic E-state index is 5.80. The summed E-state index contributed by atoms with van der Waals surface area (Å²) in [6, 6.07) is 9.48. The molecule has 0 aliphatic heterocycles. The zero-order valence-electron chi connectivity index (χ0n) is 12.3. The second kappa shape index (κ2) is 8.80. The van der Waals surface area contributed by atoms with Gasteiger partial charge in [-0.2, -0.15) is 0 Å². The largest absolute Gasteiger partial charge is 0.490 e. The van der Waals surface area contributed by atoms with Gasteiger partial charge in [0.2, 0.25) is 0 Å². The van der Waals surface area contributed by atoms with Gasteiger partial charge in [0.05, 0.1) is 18.9 Å². The van der Waals surface area contributed by atoms with E-state index in [9.17, 15) is 0 Å². The molecule has 0 bridgehead atoms. The Morgan fingerprint density at radius 2 is 1.55 bits per heavy atom. The second-order valence-corrected chi connectivity index (χ2v) is 4.02.